The third-order valence-corrected chi connectivity index (χ3v) is 3.51. The minimum absolute atomic E-state index is 0.248. The number of unbranched alkanes of at least 4 members (excludes halogenated alkanes) is 2. The van der Waals surface area contributed by atoms with E-state index in [9.17, 15) is 0 Å². The highest BCUT2D eigenvalue weighted by Gasteiger charge is 2.08. The molecular formula is C16H26ClNO2. The van der Waals surface area contributed by atoms with Crippen molar-refractivity contribution in [3.8, 4) is 5.75 Å². The van der Waals surface area contributed by atoms with Crippen LogP contribution in [0.15, 0.2) is 18.2 Å². The Morgan fingerprint density at radius 2 is 2.10 bits per heavy atom. The molecule has 0 aromatic heterocycles. The Morgan fingerprint density at radius 3 is 2.75 bits per heavy atom. The van der Waals surface area contributed by atoms with Crippen molar-refractivity contribution in [3.63, 3.8) is 0 Å². The summed E-state index contributed by atoms with van der Waals surface area (Å²) >= 11 is 6.25. The fraction of sp³-hybridized carbons (Fsp3) is 0.625. The topological polar surface area (TPSA) is 41.5 Å². The average molecular weight is 300 g/mol. The monoisotopic (exact) mass is 299 g/mol. The molecule has 0 fully saturated rings. The summed E-state index contributed by atoms with van der Waals surface area (Å²) in [5, 5.41) is 12.8. The summed E-state index contributed by atoms with van der Waals surface area (Å²) in [4.78, 5) is 0. The number of hydrogen-bond acceptors (Lipinski definition) is 3. The van der Waals surface area contributed by atoms with Crippen LogP contribution in [0.5, 0.6) is 5.75 Å². The van der Waals surface area contributed by atoms with Gasteiger partial charge in [-0.25, -0.2) is 0 Å². The van der Waals surface area contributed by atoms with Gasteiger partial charge in [-0.15, -0.1) is 0 Å². The van der Waals surface area contributed by atoms with Gasteiger partial charge in [-0.3, -0.25) is 0 Å². The number of benzene rings is 1. The summed E-state index contributed by atoms with van der Waals surface area (Å²) in [6, 6.07) is 6.26. The van der Waals surface area contributed by atoms with Crippen molar-refractivity contribution in [1.82, 2.24) is 5.32 Å². The molecule has 0 spiro atoms. The Morgan fingerprint density at radius 1 is 1.30 bits per heavy atom. The number of nitrogens with one attached hydrogen (secondary N) is 1. The SMILES string of the molecule is CCCNC(C)c1ccc(OCCCCCO)c(Cl)c1. The second kappa shape index (κ2) is 10.0. The highest BCUT2D eigenvalue weighted by molar-refractivity contribution is 6.32. The van der Waals surface area contributed by atoms with Crippen molar-refractivity contribution in [2.24, 2.45) is 0 Å². The Kier molecular flexibility index (Phi) is 8.67. The summed E-state index contributed by atoms with van der Waals surface area (Å²) in [7, 11) is 0. The lowest BCUT2D eigenvalue weighted by Gasteiger charge is -2.15. The maximum absolute atomic E-state index is 8.70. The van der Waals surface area contributed by atoms with Crippen molar-refractivity contribution in [2.75, 3.05) is 19.8 Å². The normalized spacial score (nSPS) is 12.4. The first-order valence-electron chi connectivity index (χ1n) is 7.45. The Hall–Kier alpha value is -0.770. The summed E-state index contributed by atoms with van der Waals surface area (Å²) in [5.41, 5.74) is 1.18. The molecule has 0 radical (unpaired) electrons. The van der Waals surface area contributed by atoms with E-state index in [4.69, 9.17) is 21.4 Å². The van der Waals surface area contributed by atoms with E-state index in [-0.39, 0.29) is 6.61 Å². The highest BCUT2D eigenvalue weighted by atomic mass is 35.5. The van der Waals surface area contributed by atoms with E-state index in [0.29, 0.717) is 17.7 Å². The molecule has 1 aromatic rings. The van der Waals surface area contributed by atoms with Gasteiger partial charge in [0.2, 0.25) is 0 Å². The minimum atomic E-state index is 0.248. The second-order valence-electron chi connectivity index (χ2n) is 5.00. The number of rotatable bonds is 10. The van der Waals surface area contributed by atoms with E-state index in [2.05, 4.69) is 25.2 Å². The fourth-order valence-electron chi connectivity index (χ4n) is 1.95. The van der Waals surface area contributed by atoms with Gasteiger partial charge >= 0.3 is 0 Å². The molecule has 4 heteroatoms. The summed E-state index contributed by atoms with van der Waals surface area (Å²) in [5.74, 6) is 0.738. The number of aliphatic hydroxyl groups is 1. The molecular weight excluding hydrogens is 274 g/mol. The Balaban J connectivity index is 2.46. The van der Waals surface area contributed by atoms with Crippen LogP contribution in [0.25, 0.3) is 0 Å². The highest BCUT2D eigenvalue weighted by Crippen LogP contribution is 2.28. The zero-order chi connectivity index (χ0) is 14.8. The molecule has 20 heavy (non-hydrogen) atoms. The predicted molar refractivity (Wildman–Crippen MR) is 84.6 cm³/mol. The van der Waals surface area contributed by atoms with Gasteiger partial charge in [0.1, 0.15) is 5.75 Å². The van der Waals surface area contributed by atoms with Crippen molar-refractivity contribution >= 4 is 11.6 Å². The first-order chi connectivity index (χ1) is 9.69. The van der Waals surface area contributed by atoms with Crippen LogP contribution in [0.4, 0.5) is 0 Å². The number of hydrogen-bond donors (Lipinski definition) is 2. The summed E-state index contributed by atoms with van der Waals surface area (Å²) in [6.45, 7) is 6.18. The first kappa shape index (κ1) is 17.3. The smallest absolute Gasteiger partial charge is 0.137 e. The Labute approximate surface area is 127 Å². The Bertz CT molecular complexity index is 385. The average Bonchev–Trinajstić information content (AvgIpc) is 2.46. The molecule has 1 aromatic carbocycles. The van der Waals surface area contributed by atoms with Crippen LogP contribution in [-0.4, -0.2) is 24.9 Å². The third kappa shape index (κ3) is 6.12. The predicted octanol–water partition coefficient (Wildman–Crippen LogP) is 3.94. The lowest BCUT2D eigenvalue weighted by atomic mass is 10.1. The molecule has 1 atom stereocenters. The van der Waals surface area contributed by atoms with Gasteiger partial charge in [-0.05, 0) is 56.8 Å². The van der Waals surface area contributed by atoms with Crippen LogP contribution >= 0.6 is 11.6 Å². The van der Waals surface area contributed by atoms with Crippen molar-refractivity contribution in [1.29, 1.82) is 0 Å². The third-order valence-electron chi connectivity index (χ3n) is 3.22. The van der Waals surface area contributed by atoms with Crippen LogP contribution < -0.4 is 10.1 Å². The van der Waals surface area contributed by atoms with Crippen LogP contribution in [0.1, 0.15) is 51.1 Å². The molecule has 0 aliphatic rings. The number of aliphatic hydroxyl groups excluding tert-OH is 1. The first-order valence-corrected chi connectivity index (χ1v) is 7.83. The van der Waals surface area contributed by atoms with Crippen LogP contribution in [0.2, 0.25) is 5.02 Å². The van der Waals surface area contributed by atoms with E-state index in [1.54, 1.807) is 0 Å². The molecule has 0 saturated carbocycles. The lowest BCUT2D eigenvalue weighted by Crippen LogP contribution is -2.19. The van der Waals surface area contributed by atoms with Gasteiger partial charge in [-0.1, -0.05) is 24.6 Å². The van der Waals surface area contributed by atoms with Crippen LogP contribution in [-0.2, 0) is 0 Å². The quantitative estimate of drug-likeness (QED) is 0.643. The van der Waals surface area contributed by atoms with E-state index < -0.39 is 0 Å². The zero-order valence-corrected chi connectivity index (χ0v) is 13.2. The largest absolute Gasteiger partial charge is 0.492 e. The van der Waals surface area contributed by atoms with E-state index in [0.717, 1.165) is 38.0 Å². The van der Waals surface area contributed by atoms with Crippen molar-refractivity contribution < 1.29 is 9.84 Å². The second-order valence-corrected chi connectivity index (χ2v) is 5.41. The molecule has 0 bridgehead atoms. The number of ether oxygens (including phenoxy) is 1. The standard InChI is InChI=1S/C16H26ClNO2/c1-3-9-18-13(2)14-7-8-16(15(17)12-14)20-11-6-4-5-10-19/h7-8,12-13,18-19H,3-6,9-11H2,1-2H3. The van der Waals surface area contributed by atoms with E-state index in [1.807, 2.05) is 12.1 Å². The molecule has 2 N–H and O–H groups in total. The zero-order valence-electron chi connectivity index (χ0n) is 12.5. The summed E-state index contributed by atoms with van der Waals surface area (Å²) in [6.07, 6.45) is 3.86. The maximum atomic E-state index is 8.70. The van der Waals surface area contributed by atoms with Gasteiger partial charge in [-0.2, -0.15) is 0 Å². The van der Waals surface area contributed by atoms with Gasteiger partial charge in [0.25, 0.3) is 0 Å². The van der Waals surface area contributed by atoms with Gasteiger partial charge in [0.15, 0.2) is 0 Å². The van der Waals surface area contributed by atoms with Gasteiger partial charge < -0.3 is 15.2 Å². The minimum Gasteiger partial charge on any atom is -0.492 e. The molecule has 0 heterocycles. The molecule has 1 unspecified atom stereocenters. The van der Waals surface area contributed by atoms with Crippen LogP contribution in [0, 0.1) is 0 Å². The van der Waals surface area contributed by atoms with Crippen molar-refractivity contribution in [2.45, 2.75) is 45.6 Å². The summed E-state index contributed by atoms with van der Waals surface area (Å²) < 4.78 is 5.67. The molecule has 0 amide bonds. The maximum Gasteiger partial charge on any atom is 0.137 e. The van der Waals surface area contributed by atoms with Gasteiger partial charge in [0, 0.05) is 12.6 Å². The molecule has 0 aliphatic carbocycles. The van der Waals surface area contributed by atoms with Crippen LogP contribution in [0.3, 0.4) is 0 Å². The molecule has 114 valence electrons. The molecule has 3 nitrogen and oxygen atoms in total. The van der Waals surface area contributed by atoms with Crippen molar-refractivity contribution in [3.05, 3.63) is 28.8 Å². The molecule has 1 rings (SSSR count). The number of halogens is 1. The molecule has 0 saturated heterocycles. The van der Waals surface area contributed by atoms with E-state index in [1.165, 1.54) is 5.56 Å². The fourth-order valence-corrected chi connectivity index (χ4v) is 2.20. The van der Waals surface area contributed by atoms with Gasteiger partial charge in [0.05, 0.1) is 11.6 Å². The molecule has 0 aliphatic heterocycles. The van der Waals surface area contributed by atoms with E-state index >= 15 is 0 Å². The lowest BCUT2D eigenvalue weighted by molar-refractivity contribution is 0.266.